The zero-order valence-corrected chi connectivity index (χ0v) is 22.9. The Balaban J connectivity index is 1.53. The molecule has 40 heavy (non-hydrogen) atoms. The fourth-order valence-corrected chi connectivity index (χ4v) is 6.28. The van der Waals surface area contributed by atoms with Crippen LogP contribution < -0.4 is 5.32 Å². The number of rotatable bonds is 13. The van der Waals surface area contributed by atoms with Crippen LogP contribution in [0.5, 0.6) is 0 Å². The van der Waals surface area contributed by atoms with Gasteiger partial charge in [0.15, 0.2) is 9.84 Å². The van der Waals surface area contributed by atoms with Crippen LogP contribution in [-0.2, 0) is 36.3 Å². The molecule has 1 saturated heterocycles. The Morgan fingerprint density at radius 3 is 2.23 bits per heavy atom. The van der Waals surface area contributed by atoms with E-state index < -0.39 is 39.2 Å². The van der Waals surface area contributed by atoms with Crippen molar-refractivity contribution in [3.05, 3.63) is 90.1 Å². The van der Waals surface area contributed by atoms with Gasteiger partial charge in [0.1, 0.15) is 6.26 Å². The fourth-order valence-electron chi connectivity index (χ4n) is 4.58. The summed E-state index contributed by atoms with van der Waals surface area (Å²) in [6.45, 7) is 1.49. The number of hydrogen-bond acceptors (Lipinski definition) is 8. The molecule has 2 heterocycles. The summed E-state index contributed by atoms with van der Waals surface area (Å²) in [5.74, 6) is -3.70. The molecule has 1 aromatic heterocycles. The number of ether oxygens (including phenoxy) is 1. The summed E-state index contributed by atoms with van der Waals surface area (Å²) in [7, 11) is -3.78. The van der Waals surface area contributed by atoms with E-state index in [2.05, 4.69) is 10.3 Å². The standard InChI is InChI=1S/C29H33N3O7S/c33-26(32-14-17-38-18-15-32)19-24(21-40(36,37)20-23-9-5-2-6-10-23)28(35)31-25(27(34)29-30-13-16-39-29)12-11-22-7-3-1-4-8-22/h1-10,13,16,24-25H,11-12,14-15,17-21H2,(H,31,35)/t24?,25-/m0/s1. The van der Waals surface area contributed by atoms with Crippen molar-refractivity contribution in [3.63, 3.8) is 0 Å². The average molecular weight is 568 g/mol. The molecule has 212 valence electrons. The molecule has 1 unspecified atom stereocenters. The highest BCUT2D eigenvalue weighted by Gasteiger charge is 2.33. The van der Waals surface area contributed by atoms with Crippen LogP contribution in [0.3, 0.4) is 0 Å². The number of aromatic nitrogens is 1. The molecule has 1 aliphatic heterocycles. The second kappa shape index (κ2) is 14.0. The van der Waals surface area contributed by atoms with Gasteiger partial charge in [-0.05, 0) is 24.0 Å². The van der Waals surface area contributed by atoms with E-state index in [9.17, 15) is 22.8 Å². The van der Waals surface area contributed by atoms with Crippen LogP contribution in [0.1, 0.15) is 34.7 Å². The molecule has 0 aliphatic carbocycles. The van der Waals surface area contributed by atoms with E-state index >= 15 is 0 Å². The summed E-state index contributed by atoms with van der Waals surface area (Å²) in [5.41, 5.74) is 1.55. The first-order valence-electron chi connectivity index (χ1n) is 13.2. The monoisotopic (exact) mass is 567 g/mol. The summed E-state index contributed by atoms with van der Waals surface area (Å²) >= 11 is 0. The highest BCUT2D eigenvalue weighted by atomic mass is 32.2. The summed E-state index contributed by atoms with van der Waals surface area (Å²) in [5, 5.41) is 2.72. The van der Waals surface area contributed by atoms with Gasteiger partial charge in [-0.15, -0.1) is 0 Å². The topological polar surface area (TPSA) is 136 Å². The number of morpholine rings is 1. The molecule has 10 nitrogen and oxygen atoms in total. The van der Waals surface area contributed by atoms with Crippen molar-refractivity contribution in [1.29, 1.82) is 0 Å². The van der Waals surface area contributed by atoms with Crippen LogP contribution in [-0.4, -0.2) is 74.0 Å². The largest absolute Gasteiger partial charge is 0.442 e. The molecule has 0 bridgehead atoms. The molecule has 11 heteroatoms. The van der Waals surface area contributed by atoms with Crippen LogP contribution in [0.4, 0.5) is 0 Å². The molecular formula is C29H33N3O7S. The number of amides is 2. The molecular weight excluding hydrogens is 534 g/mol. The zero-order valence-electron chi connectivity index (χ0n) is 22.1. The van der Waals surface area contributed by atoms with Gasteiger partial charge in [-0.2, -0.15) is 0 Å². The molecule has 2 atom stereocenters. The number of oxazole rings is 1. The number of carbonyl (C=O) groups is 3. The highest BCUT2D eigenvalue weighted by molar-refractivity contribution is 7.90. The number of sulfone groups is 1. The van der Waals surface area contributed by atoms with Crippen molar-refractivity contribution in [3.8, 4) is 0 Å². The van der Waals surface area contributed by atoms with Crippen molar-refractivity contribution in [2.75, 3.05) is 32.1 Å². The van der Waals surface area contributed by atoms with Crippen molar-refractivity contribution in [1.82, 2.24) is 15.2 Å². The van der Waals surface area contributed by atoms with Crippen molar-refractivity contribution >= 4 is 27.4 Å². The zero-order chi connectivity index (χ0) is 28.4. The number of ketones is 1. The lowest BCUT2D eigenvalue weighted by atomic mass is 9.99. The fraction of sp³-hybridized carbons (Fsp3) is 0.379. The highest BCUT2D eigenvalue weighted by Crippen LogP contribution is 2.17. The number of Topliss-reactive ketones (excluding diaryl/α,β-unsaturated/α-hetero) is 1. The van der Waals surface area contributed by atoms with Crippen LogP contribution in [0, 0.1) is 5.92 Å². The molecule has 1 fully saturated rings. The summed E-state index contributed by atoms with van der Waals surface area (Å²) in [6, 6.07) is 17.1. The van der Waals surface area contributed by atoms with Gasteiger partial charge in [0.2, 0.25) is 17.6 Å². The summed E-state index contributed by atoms with van der Waals surface area (Å²) < 4.78 is 36.8. The maximum atomic E-state index is 13.6. The third-order valence-corrected chi connectivity index (χ3v) is 8.36. The molecule has 3 aromatic rings. The number of nitrogens with one attached hydrogen (secondary N) is 1. The smallest absolute Gasteiger partial charge is 0.265 e. The summed E-state index contributed by atoms with van der Waals surface area (Å²) in [4.78, 5) is 45.4. The van der Waals surface area contributed by atoms with E-state index in [1.807, 2.05) is 30.3 Å². The number of aryl methyl sites for hydroxylation is 1. The van der Waals surface area contributed by atoms with Gasteiger partial charge >= 0.3 is 0 Å². The van der Waals surface area contributed by atoms with Crippen LogP contribution in [0.25, 0.3) is 0 Å². The molecule has 0 saturated carbocycles. The van der Waals surface area contributed by atoms with Gasteiger partial charge < -0.3 is 19.4 Å². The minimum Gasteiger partial charge on any atom is -0.442 e. The number of benzene rings is 2. The quantitative estimate of drug-likeness (QED) is 0.311. The van der Waals surface area contributed by atoms with E-state index in [1.165, 1.54) is 12.5 Å². The Kier molecular flexibility index (Phi) is 10.2. The van der Waals surface area contributed by atoms with Crippen molar-refractivity contribution in [2.45, 2.75) is 31.1 Å². The lowest BCUT2D eigenvalue weighted by Crippen LogP contribution is -2.48. The van der Waals surface area contributed by atoms with Crippen LogP contribution in [0.2, 0.25) is 0 Å². The molecule has 1 aliphatic rings. The third kappa shape index (κ3) is 8.59. The Morgan fingerprint density at radius 1 is 0.950 bits per heavy atom. The Labute approximate surface area is 233 Å². The maximum absolute atomic E-state index is 13.6. The first-order chi connectivity index (χ1) is 19.3. The van der Waals surface area contributed by atoms with E-state index in [4.69, 9.17) is 9.15 Å². The molecule has 1 N–H and O–H groups in total. The van der Waals surface area contributed by atoms with Gasteiger partial charge in [0.05, 0.1) is 42.9 Å². The maximum Gasteiger partial charge on any atom is 0.265 e. The van der Waals surface area contributed by atoms with Gasteiger partial charge in [0.25, 0.3) is 5.89 Å². The molecule has 0 spiro atoms. The van der Waals surface area contributed by atoms with Crippen molar-refractivity contribution < 1.29 is 32.0 Å². The molecule has 2 amide bonds. The Bertz CT molecular complexity index is 1360. The van der Waals surface area contributed by atoms with E-state index in [0.717, 1.165) is 5.56 Å². The van der Waals surface area contributed by atoms with E-state index in [-0.39, 0.29) is 30.4 Å². The van der Waals surface area contributed by atoms with E-state index in [1.54, 1.807) is 35.2 Å². The average Bonchev–Trinajstić information content (AvgIpc) is 3.51. The predicted molar refractivity (Wildman–Crippen MR) is 147 cm³/mol. The molecule has 4 rings (SSSR count). The summed E-state index contributed by atoms with van der Waals surface area (Å²) in [6.07, 6.45) is 3.00. The van der Waals surface area contributed by atoms with Crippen LogP contribution >= 0.6 is 0 Å². The van der Waals surface area contributed by atoms with Gasteiger partial charge in [0, 0.05) is 19.5 Å². The SMILES string of the molecule is O=C(N[C@@H](CCc1ccccc1)C(=O)c1ncco1)C(CC(=O)N1CCOCC1)CS(=O)(=O)Cc1ccccc1. The second-order valence-electron chi connectivity index (χ2n) is 9.72. The predicted octanol–water partition coefficient (Wildman–Crippen LogP) is 2.46. The van der Waals surface area contributed by atoms with Gasteiger partial charge in [-0.1, -0.05) is 60.7 Å². The lowest BCUT2D eigenvalue weighted by Gasteiger charge is -2.28. The second-order valence-corrected chi connectivity index (χ2v) is 11.8. The first kappa shape index (κ1) is 29.2. The minimum absolute atomic E-state index is 0.156. The molecule has 0 radical (unpaired) electrons. The molecule has 2 aromatic carbocycles. The van der Waals surface area contributed by atoms with Crippen LogP contribution in [0.15, 0.2) is 77.5 Å². The Hall–Kier alpha value is -3.83. The first-order valence-corrected chi connectivity index (χ1v) is 15.0. The number of nitrogens with zero attached hydrogens (tertiary/aromatic N) is 2. The third-order valence-electron chi connectivity index (χ3n) is 6.68. The van der Waals surface area contributed by atoms with Gasteiger partial charge in [-0.3, -0.25) is 14.4 Å². The normalized spacial score (nSPS) is 15.2. The minimum atomic E-state index is -3.78. The number of carbonyl (C=O) groups excluding carboxylic acids is 3. The van der Waals surface area contributed by atoms with Crippen molar-refractivity contribution in [2.24, 2.45) is 5.92 Å². The Morgan fingerprint density at radius 2 is 1.60 bits per heavy atom. The number of hydrogen-bond donors (Lipinski definition) is 1. The van der Waals surface area contributed by atoms with Gasteiger partial charge in [-0.25, -0.2) is 13.4 Å². The van der Waals surface area contributed by atoms with E-state index in [0.29, 0.717) is 38.3 Å². The lowest BCUT2D eigenvalue weighted by molar-refractivity contribution is -0.139.